The molecule has 7 heteroatoms. The Hall–Kier alpha value is -2.18. The van der Waals surface area contributed by atoms with Crippen molar-refractivity contribution in [2.45, 2.75) is 26.7 Å². The van der Waals surface area contributed by atoms with Crippen LogP contribution in [-0.2, 0) is 16.6 Å². The van der Waals surface area contributed by atoms with E-state index in [1.165, 1.54) is 0 Å². The minimum absolute atomic E-state index is 0.00345. The van der Waals surface area contributed by atoms with E-state index in [2.05, 4.69) is 15.1 Å². The number of nitrogens with zero attached hydrogens (tertiary/aromatic N) is 4. The van der Waals surface area contributed by atoms with Crippen LogP contribution in [0.5, 0.6) is 0 Å². The number of esters is 1. The first kappa shape index (κ1) is 14.2. The third-order valence-corrected chi connectivity index (χ3v) is 2.94. The highest BCUT2D eigenvalue weighted by atomic mass is 16.5. The molecule has 1 atom stereocenters. The standard InChI is InChI=1S/C13H18N4O3/c1-5-19-13(18)9(8(2)3)12-15-10(16-20-12)11-14-6-7-17(11)4/h6-9H,5H2,1-4H3. The van der Waals surface area contributed by atoms with Crippen LogP contribution in [0.25, 0.3) is 11.6 Å². The molecule has 2 aromatic heterocycles. The van der Waals surface area contributed by atoms with Gasteiger partial charge in [-0.15, -0.1) is 0 Å². The van der Waals surface area contributed by atoms with Crippen molar-refractivity contribution in [1.82, 2.24) is 19.7 Å². The molecule has 1 unspecified atom stereocenters. The molecule has 0 aliphatic rings. The number of aromatic nitrogens is 4. The van der Waals surface area contributed by atoms with E-state index in [0.717, 1.165) is 0 Å². The molecule has 0 fully saturated rings. The van der Waals surface area contributed by atoms with E-state index in [-0.39, 0.29) is 17.8 Å². The predicted octanol–water partition coefficient (Wildman–Crippen LogP) is 1.77. The number of aryl methyl sites for hydroxylation is 1. The van der Waals surface area contributed by atoms with Gasteiger partial charge in [-0.1, -0.05) is 19.0 Å². The molecule has 0 aromatic carbocycles. The van der Waals surface area contributed by atoms with E-state index in [9.17, 15) is 4.79 Å². The highest BCUT2D eigenvalue weighted by Gasteiger charge is 2.31. The summed E-state index contributed by atoms with van der Waals surface area (Å²) in [6, 6.07) is 0. The molecule has 2 aromatic rings. The van der Waals surface area contributed by atoms with Gasteiger partial charge in [0.1, 0.15) is 5.92 Å². The van der Waals surface area contributed by atoms with Gasteiger partial charge in [-0.05, 0) is 12.8 Å². The van der Waals surface area contributed by atoms with Gasteiger partial charge in [-0.2, -0.15) is 4.98 Å². The summed E-state index contributed by atoms with van der Waals surface area (Å²) in [7, 11) is 1.84. The molecule has 0 bridgehead atoms. The van der Waals surface area contributed by atoms with Crippen LogP contribution in [0, 0.1) is 5.92 Å². The molecule has 2 heterocycles. The second-order valence-corrected chi connectivity index (χ2v) is 4.79. The molecule has 20 heavy (non-hydrogen) atoms. The van der Waals surface area contributed by atoms with Gasteiger partial charge in [0.05, 0.1) is 6.61 Å². The summed E-state index contributed by atoms with van der Waals surface area (Å²) in [5.41, 5.74) is 0. The SMILES string of the molecule is CCOC(=O)C(c1nc(-c2nccn2C)no1)C(C)C. The second kappa shape index (κ2) is 5.85. The molecule has 0 amide bonds. The van der Waals surface area contributed by atoms with E-state index in [1.807, 2.05) is 20.9 Å². The maximum atomic E-state index is 12.0. The van der Waals surface area contributed by atoms with Crippen molar-refractivity contribution in [3.05, 3.63) is 18.3 Å². The van der Waals surface area contributed by atoms with E-state index < -0.39 is 5.92 Å². The average molecular weight is 278 g/mol. The molecule has 0 spiro atoms. The van der Waals surface area contributed by atoms with E-state index >= 15 is 0 Å². The maximum Gasteiger partial charge on any atom is 0.318 e. The quantitative estimate of drug-likeness (QED) is 0.775. The van der Waals surface area contributed by atoms with Crippen molar-refractivity contribution in [3.8, 4) is 11.6 Å². The summed E-state index contributed by atoms with van der Waals surface area (Å²) in [4.78, 5) is 20.4. The topological polar surface area (TPSA) is 83.0 Å². The molecule has 0 aliphatic carbocycles. The van der Waals surface area contributed by atoms with Gasteiger partial charge in [0.25, 0.3) is 0 Å². The Morgan fingerprint density at radius 2 is 2.25 bits per heavy atom. The lowest BCUT2D eigenvalue weighted by molar-refractivity contribution is -0.146. The highest BCUT2D eigenvalue weighted by Crippen LogP contribution is 2.26. The summed E-state index contributed by atoms with van der Waals surface area (Å²) in [5, 5.41) is 3.89. The number of ether oxygens (including phenoxy) is 1. The Morgan fingerprint density at radius 3 is 2.80 bits per heavy atom. The van der Waals surface area contributed by atoms with Crippen molar-refractivity contribution in [3.63, 3.8) is 0 Å². The molecule has 0 saturated carbocycles. The van der Waals surface area contributed by atoms with Gasteiger partial charge in [0, 0.05) is 19.4 Å². The van der Waals surface area contributed by atoms with Crippen molar-refractivity contribution in [1.29, 1.82) is 0 Å². The second-order valence-electron chi connectivity index (χ2n) is 4.79. The zero-order valence-corrected chi connectivity index (χ0v) is 12.0. The third-order valence-electron chi connectivity index (χ3n) is 2.94. The van der Waals surface area contributed by atoms with Gasteiger partial charge in [0.15, 0.2) is 5.82 Å². The Labute approximate surface area is 117 Å². The Morgan fingerprint density at radius 1 is 1.50 bits per heavy atom. The molecule has 0 N–H and O–H groups in total. The normalized spacial score (nSPS) is 12.7. The summed E-state index contributed by atoms with van der Waals surface area (Å²) in [5.74, 6) is 0.308. The van der Waals surface area contributed by atoms with Gasteiger partial charge in [0.2, 0.25) is 11.7 Å². The fraction of sp³-hybridized carbons (Fsp3) is 0.538. The lowest BCUT2D eigenvalue weighted by Gasteiger charge is -2.14. The van der Waals surface area contributed by atoms with Crippen LogP contribution >= 0.6 is 0 Å². The average Bonchev–Trinajstić information content (AvgIpc) is 2.98. The Kier molecular flexibility index (Phi) is 4.16. The molecular formula is C13H18N4O3. The van der Waals surface area contributed by atoms with Crippen LogP contribution in [0.4, 0.5) is 0 Å². The summed E-state index contributed by atoms with van der Waals surface area (Å²) < 4.78 is 12.1. The highest BCUT2D eigenvalue weighted by molar-refractivity contribution is 5.77. The molecular weight excluding hydrogens is 260 g/mol. The maximum absolute atomic E-state index is 12.0. The molecule has 108 valence electrons. The summed E-state index contributed by atoms with van der Waals surface area (Å²) in [6.45, 7) is 5.91. The van der Waals surface area contributed by atoms with E-state index in [0.29, 0.717) is 18.3 Å². The minimum atomic E-state index is -0.559. The number of rotatable bonds is 5. The smallest absolute Gasteiger partial charge is 0.318 e. The number of carbonyl (C=O) groups is 1. The number of carbonyl (C=O) groups excluding carboxylic acids is 1. The van der Waals surface area contributed by atoms with Crippen LogP contribution < -0.4 is 0 Å². The largest absolute Gasteiger partial charge is 0.465 e. The van der Waals surface area contributed by atoms with Crippen molar-refractivity contribution < 1.29 is 14.1 Å². The predicted molar refractivity (Wildman–Crippen MR) is 70.7 cm³/mol. The van der Waals surface area contributed by atoms with E-state index in [4.69, 9.17) is 9.26 Å². The van der Waals surface area contributed by atoms with Crippen LogP contribution in [0.2, 0.25) is 0 Å². The summed E-state index contributed by atoms with van der Waals surface area (Å²) in [6.07, 6.45) is 3.44. The van der Waals surface area contributed by atoms with Crippen LogP contribution in [-0.4, -0.2) is 32.3 Å². The first-order valence-electron chi connectivity index (χ1n) is 6.52. The van der Waals surface area contributed by atoms with Gasteiger partial charge in [-0.25, -0.2) is 4.98 Å². The molecule has 7 nitrogen and oxygen atoms in total. The number of hydrogen-bond donors (Lipinski definition) is 0. The van der Waals surface area contributed by atoms with Crippen LogP contribution in [0.1, 0.15) is 32.6 Å². The first-order chi connectivity index (χ1) is 9.54. The van der Waals surface area contributed by atoms with Gasteiger partial charge < -0.3 is 13.8 Å². The zero-order chi connectivity index (χ0) is 14.7. The van der Waals surface area contributed by atoms with Gasteiger partial charge in [-0.3, -0.25) is 4.79 Å². The van der Waals surface area contributed by atoms with Crippen molar-refractivity contribution >= 4 is 5.97 Å². The molecule has 0 saturated heterocycles. The Balaban J connectivity index is 2.30. The fourth-order valence-corrected chi connectivity index (χ4v) is 1.92. The summed E-state index contributed by atoms with van der Waals surface area (Å²) >= 11 is 0. The lowest BCUT2D eigenvalue weighted by atomic mass is 9.96. The third kappa shape index (κ3) is 2.71. The van der Waals surface area contributed by atoms with E-state index in [1.54, 1.807) is 23.9 Å². The zero-order valence-electron chi connectivity index (χ0n) is 12.0. The monoisotopic (exact) mass is 278 g/mol. The lowest BCUT2D eigenvalue weighted by Crippen LogP contribution is -2.21. The molecule has 0 radical (unpaired) electrons. The number of imidazole rings is 1. The number of hydrogen-bond acceptors (Lipinski definition) is 6. The van der Waals surface area contributed by atoms with Crippen LogP contribution in [0.15, 0.2) is 16.9 Å². The first-order valence-corrected chi connectivity index (χ1v) is 6.52. The Bertz CT molecular complexity index is 588. The molecule has 0 aliphatic heterocycles. The minimum Gasteiger partial charge on any atom is -0.465 e. The van der Waals surface area contributed by atoms with Gasteiger partial charge >= 0.3 is 5.97 Å². The fourth-order valence-electron chi connectivity index (χ4n) is 1.92. The van der Waals surface area contributed by atoms with Crippen molar-refractivity contribution in [2.24, 2.45) is 13.0 Å². The van der Waals surface area contributed by atoms with Crippen LogP contribution in [0.3, 0.4) is 0 Å². The molecule has 2 rings (SSSR count). The van der Waals surface area contributed by atoms with Crippen molar-refractivity contribution in [2.75, 3.05) is 6.61 Å².